The number of benzene rings is 1. The maximum atomic E-state index is 12.2. The van der Waals surface area contributed by atoms with Crippen LogP contribution in [0.3, 0.4) is 0 Å². The van der Waals surface area contributed by atoms with Crippen molar-refractivity contribution in [2.75, 3.05) is 38.2 Å². The lowest BCUT2D eigenvalue weighted by Gasteiger charge is -2.37. The highest BCUT2D eigenvalue weighted by atomic mass is 16.5. The smallest absolute Gasteiger partial charge is 0.239 e. The zero-order chi connectivity index (χ0) is 15.4. The number of nitrogens with zero attached hydrogens (tertiary/aromatic N) is 2. The van der Waals surface area contributed by atoms with Crippen LogP contribution in [0.25, 0.3) is 0 Å². The Morgan fingerprint density at radius 2 is 1.71 bits per heavy atom. The van der Waals surface area contributed by atoms with Gasteiger partial charge in [0, 0.05) is 31.9 Å². The summed E-state index contributed by atoms with van der Waals surface area (Å²) < 4.78 is 5.17. The minimum absolute atomic E-state index is 0.0689. The third-order valence-electron chi connectivity index (χ3n) is 4.03. The number of amides is 1. The van der Waals surface area contributed by atoms with E-state index in [2.05, 4.69) is 17.0 Å². The largest absolute Gasteiger partial charge is 0.497 e. The maximum absolute atomic E-state index is 12.2. The Balaban J connectivity index is 1.92. The first kappa shape index (κ1) is 15.6. The number of methoxy groups -OCH3 is 1. The minimum Gasteiger partial charge on any atom is -0.497 e. The molecule has 2 N–H and O–H groups in total. The number of hydrogen-bond acceptors (Lipinski definition) is 4. The SMILES string of the molecule is COc1ccc(N2CCN(C(=O)C(N)C(C)C)CC2)cc1. The fourth-order valence-corrected chi connectivity index (χ4v) is 2.47. The van der Waals surface area contributed by atoms with Crippen molar-refractivity contribution in [3.8, 4) is 5.75 Å². The van der Waals surface area contributed by atoms with E-state index in [4.69, 9.17) is 10.5 Å². The molecule has 1 aliphatic rings. The van der Waals surface area contributed by atoms with Crippen LogP contribution in [0.1, 0.15) is 13.8 Å². The normalized spacial score (nSPS) is 17.0. The van der Waals surface area contributed by atoms with Gasteiger partial charge in [0.15, 0.2) is 0 Å². The Bertz CT molecular complexity index is 465. The van der Waals surface area contributed by atoms with E-state index in [-0.39, 0.29) is 11.8 Å². The lowest BCUT2D eigenvalue weighted by molar-refractivity contribution is -0.133. The van der Waals surface area contributed by atoms with Gasteiger partial charge in [0.25, 0.3) is 0 Å². The Hall–Kier alpha value is -1.75. The summed E-state index contributed by atoms with van der Waals surface area (Å²) in [6.45, 7) is 7.09. The molecule has 2 rings (SSSR count). The Labute approximate surface area is 126 Å². The van der Waals surface area contributed by atoms with Gasteiger partial charge in [0.05, 0.1) is 13.2 Å². The van der Waals surface area contributed by atoms with Gasteiger partial charge in [-0.2, -0.15) is 0 Å². The lowest BCUT2D eigenvalue weighted by atomic mass is 10.0. The Morgan fingerprint density at radius 3 is 2.19 bits per heavy atom. The molecule has 116 valence electrons. The predicted molar refractivity (Wildman–Crippen MR) is 84.6 cm³/mol. The molecule has 0 radical (unpaired) electrons. The van der Waals surface area contributed by atoms with Gasteiger partial charge in [-0.05, 0) is 30.2 Å². The number of ether oxygens (including phenoxy) is 1. The van der Waals surface area contributed by atoms with Crippen LogP contribution in [-0.4, -0.2) is 50.1 Å². The molecule has 1 heterocycles. The average Bonchev–Trinajstić information content (AvgIpc) is 2.53. The van der Waals surface area contributed by atoms with Crippen LogP contribution in [-0.2, 0) is 4.79 Å². The van der Waals surface area contributed by atoms with Gasteiger partial charge in [0.2, 0.25) is 5.91 Å². The number of carbonyl (C=O) groups is 1. The first-order chi connectivity index (χ1) is 10.0. The molecule has 0 aromatic heterocycles. The van der Waals surface area contributed by atoms with Gasteiger partial charge < -0.3 is 20.3 Å². The highest BCUT2D eigenvalue weighted by Gasteiger charge is 2.26. The highest BCUT2D eigenvalue weighted by Crippen LogP contribution is 2.20. The maximum Gasteiger partial charge on any atom is 0.239 e. The Morgan fingerprint density at radius 1 is 1.14 bits per heavy atom. The molecular weight excluding hydrogens is 266 g/mol. The molecule has 0 saturated carbocycles. The summed E-state index contributed by atoms with van der Waals surface area (Å²) in [7, 11) is 1.66. The summed E-state index contributed by atoms with van der Waals surface area (Å²) >= 11 is 0. The molecule has 0 spiro atoms. The van der Waals surface area contributed by atoms with Gasteiger partial charge in [-0.3, -0.25) is 4.79 Å². The minimum atomic E-state index is -0.391. The molecule has 1 amide bonds. The molecule has 1 aromatic rings. The van der Waals surface area contributed by atoms with Crippen molar-refractivity contribution in [2.24, 2.45) is 11.7 Å². The number of piperazine rings is 1. The molecule has 1 saturated heterocycles. The second-order valence-electron chi connectivity index (χ2n) is 5.78. The summed E-state index contributed by atoms with van der Waals surface area (Å²) in [4.78, 5) is 16.4. The molecule has 0 aliphatic carbocycles. The molecule has 1 aliphatic heterocycles. The van der Waals surface area contributed by atoms with Crippen molar-refractivity contribution >= 4 is 11.6 Å². The van der Waals surface area contributed by atoms with E-state index in [1.165, 1.54) is 0 Å². The van der Waals surface area contributed by atoms with E-state index in [0.717, 1.165) is 37.6 Å². The zero-order valence-electron chi connectivity index (χ0n) is 13.1. The van der Waals surface area contributed by atoms with Crippen molar-refractivity contribution in [1.82, 2.24) is 4.90 Å². The monoisotopic (exact) mass is 291 g/mol. The fourth-order valence-electron chi connectivity index (χ4n) is 2.47. The van der Waals surface area contributed by atoms with Gasteiger partial charge in [-0.15, -0.1) is 0 Å². The molecule has 5 nitrogen and oxygen atoms in total. The second kappa shape index (κ2) is 6.80. The molecular formula is C16H25N3O2. The number of hydrogen-bond donors (Lipinski definition) is 1. The standard InChI is InChI=1S/C16H25N3O2/c1-12(2)15(17)16(20)19-10-8-18(9-11-19)13-4-6-14(21-3)7-5-13/h4-7,12,15H,8-11,17H2,1-3H3. The van der Waals surface area contributed by atoms with Gasteiger partial charge in [-0.25, -0.2) is 0 Å². The number of rotatable bonds is 4. The third kappa shape index (κ3) is 3.67. The van der Waals surface area contributed by atoms with Crippen LogP contribution in [0.15, 0.2) is 24.3 Å². The first-order valence-corrected chi connectivity index (χ1v) is 7.46. The molecule has 1 fully saturated rings. The van der Waals surface area contributed by atoms with Crippen molar-refractivity contribution in [3.63, 3.8) is 0 Å². The molecule has 1 unspecified atom stereocenters. The van der Waals surface area contributed by atoms with E-state index in [0.29, 0.717) is 0 Å². The van der Waals surface area contributed by atoms with Crippen LogP contribution >= 0.6 is 0 Å². The molecule has 1 atom stereocenters. The first-order valence-electron chi connectivity index (χ1n) is 7.46. The molecule has 5 heteroatoms. The summed E-state index contributed by atoms with van der Waals surface area (Å²) in [6.07, 6.45) is 0. The van der Waals surface area contributed by atoms with Crippen LogP contribution in [0.4, 0.5) is 5.69 Å². The van der Waals surface area contributed by atoms with Gasteiger partial charge in [-0.1, -0.05) is 13.8 Å². The molecule has 0 bridgehead atoms. The van der Waals surface area contributed by atoms with Crippen molar-refractivity contribution in [2.45, 2.75) is 19.9 Å². The van der Waals surface area contributed by atoms with Crippen molar-refractivity contribution < 1.29 is 9.53 Å². The van der Waals surface area contributed by atoms with Crippen LogP contribution in [0.5, 0.6) is 5.75 Å². The van der Waals surface area contributed by atoms with Crippen molar-refractivity contribution in [1.29, 1.82) is 0 Å². The highest BCUT2D eigenvalue weighted by molar-refractivity contribution is 5.82. The number of nitrogens with two attached hydrogens (primary N) is 1. The summed E-state index contributed by atoms with van der Waals surface area (Å²) in [5, 5.41) is 0. The third-order valence-corrected chi connectivity index (χ3v) is 4.03. The Kier molecular flexibility index (Phi) is 5.07. The van der Waals surface area contributed by atoms with Gasteiger partial charge in [0.1, 0.15) is 5.75 Å². The quantitative estimate of drug-likeness (QED) is 0.909. The number of carbonyl (C=O) groups excluding carboxylic acids is 1. The van der Waals surface area contributed by atoms with Gasteiger partial charge >= 0.3 is 0 Å². The topological polar surface area (TPSA) is 58.8 Å². The molecule has 21 heavy (non-hydrogen) atoms. The summed E-state index contributed by atoms with van der Waals surface area (Å²) in [6, 6.07) is 7.63. The fraction of sp³-hybridized carbons (Fsp3) is 0.562. The van der Waals surface area contributed by atoms with Crippen LogP contribution in [0.2, 0.25) is 0 Å². The van der Waals surface area contributed by atoms with Crippen molar-refractivity contribution in [3.05, 3.63) is 24.3 Å². The zero-order valence-corrected chi connectivity index (χ0v) is 13.1. The van der Waals surface area contributed by atoms with Crippen LogP contribution in [0, 0.1) is 5.92 Å². The van der Waals surface area contributed by atoms with E-state index in [1.54, 1.807) is 7.11 Å². The van der Waals surface area contributed by atoms with Crippen LogP contribution < -0.4 is 15.4 Å². The number of anilines is 1. The lowest BCUT2D eigenvalue weighted by Crippen LogP contribution is -2.54. The van der Waals surface area contributed by atoms with E-state index in [9.17, 15) is 4.79 Å². The summed E-state index contributed by atoms with van der Waals surface area (Å²) in [5.41, 5.74) is 7.11. The predicted octanol–water partition coefficient (Wildman–Crippen LogP) is 1.33. The average molecular weight is 291 g/mol. The molecule has 1 aromatic carbocycles. The van der Waals surface area contributed by atoms with E-state index >= 15 is 0 Å². The summed E-state index contributed by atoms with van der Waals surface area (Å²) in [5.74, 6) is 1.10. The van der Waals surface area contributed by atoms with E-state index in [1.807, 2.05) is 30.9 Å². The van der Waals surface area contributed by atoms with E-state index < -0.39 is 6.04 Å². The second-order valence-corrected chi connectivity index (χ2v) is 5.78.